The zero-order valence-corrected chi connectivity index (χ0v) is 12.8. The first-order valence-electron chi connectivity index (χ1n) is 6.56. The summed E-state index contributed by atoms with van der Waals surface area (Å²) >= 11 is 3.63. The van der Waals surface area contributed by atoms with Crippen LogP contribution in [-0.2, 0) is 6.54 Å². The lowest BCUT2D eigenvalue weighted by Gasteiger charge is -2.12. The number of nitrogens with one attached hydrogen (secondary N) is 1. The summed E-state index contributed by atoms with van der Waals surface area (Å²) in [6.45, 7) is 2.89. The summed E-state index contributed by atoms with van der Waals surface area (Å²) in [5.74, 6) is 0. The number of aromatic nitrogens is 1. The Morgan fingerprint density at radius 3 is 2.85 bits per heavy atom. The Morgan fingerprint density at radius 1 is 1.10 bits per heavy atom. The molecule has 3 heteroatoms. The highest BCUT2D eigenvalue weighted by Crippen LogP contribution is 2.27. The van der Waals surface area contributed by atoms with Crippen molar-refractivity contribution in [1.82, 2.24) is 4.98 Å². The molecule has 0 radical (unpaired) electrons. The topological polar surface area (TPSA) is 24.9 Å². The Bertz CT molecular complexity index is 748. The minimum absolute atomic E-state index is 0.795. The van der Waals surface area contributed by atoms with E-state index in [9.17, 15) is 0 Å². The molecule has 0 unspecified atom stereocenters. The third-order valence-corrected chi connectivity index (χ3v) is 4.48. The second-order valence-electron chi connectivity index (χ2n) is 4.80. The number of pyridine rings is 1. The number of nitrogens with zero attached hydrogens (tertiary/aromatic N) is 1. The van der Waals surface area contributed by atoms with E-state index in [1.54, 1.807) is 0 Å². The summed E-state index contributed by atoms with van der Waals surface area (Å²) in [7, 11) is 0. The fraction of sp³-hybridized carbons (Fsp3) is 0.118. The van der Waals surface area contributed by atoms with E-state index < -0.39 is 0 Å². The van der Waals surface area contributed by atoms with E-state index in [1.807, 2.05) is 12.4 Å². The van der Waals surface area contributed by atoms with Gasteiger partial charge >= 0.3 is 0 Å². The van der Waals surface area contributed by atoms with E-state index in [2.05, 4.69) is 75.6 Å². The molecule has 20 heavy (non-hydrogen) atoms. The van der Waals surface area contributed by atoms with Gasteiger partial charge in [0, 0.05) is 34.5 Å². The number of fused-ring (bicyclic) bond motifs is 1. The van der Waals surface area contributed by atoms with Crippen molar-refractivity contribution in [3.8, 4) is 0 Å². The molecule has 2 aromatic carbocycles. The van der Waals surface area contributed by atoms with Crippen LogP contribution in [0.3, 0.4) is 0 Å². The Morgan fingerprint density at radius 2 is 1.95 bits per heavy atom. The van der Waals surface area contributed by atoms with Gasteiger partial charge in [-0.2, -0.15) is 0 Å². The zero-order valence-electron chi connectivity index (χ0n) is 11.2. The first-order chi connectivity index (χ1) is 9.75. The van der Waals surface area contributed by atoms with Crippen molar-refractivity contribution in [3.63, 3.8) is 0 Å². The first kappa shape index (κ1) is 13.1. The smallest absolute Gasteiger partial charge is 0.0490 e. The summed E-state index contributed by atoms with van der Waals surface area (Å²) in [6, 6.07) is 14.6. The number of aryl methyl sites for hydroxylation is 1. The van der Waals surface area contributed by atoms with Crippen LogP contribution in [0.15, 0.2) is 59.3 Å². The monoisotopic (exact) mass is 326 g/mol. The van der Waals surface area contributed by atoms with Gasteiger partial charge in [0.15, 0.2) is 0 Å². The molecule has 3 aromatic rings. The quantitative estimate of drug-likeness (QED) is 0.739. The normalized spacial score (nSPS) is 10.7. The maximum atomic E-state index is 4.17. The summed E-state index contributed by atoms with van der Waals surface area (Å²) in [6.07, 6.45) is 3.75. The maximum absolute atomic E-state index is 4.17. The minimum atomic E-state index is 0.795. The van der Waals surface area contributed by atoms with Crippen LogP contribution in [0, 0.1) is 6.92 Å². The van der Waals surface area contributed by atoms with Gasteiger partial charge in [0.2, 0.25) is 0 Å². The van der Waals surface area contributed by atoms with Crippen molar-refractivity contribution in [3.05, 3.63) is 70.5 Å². The molecular weight excluding hydrogens is 312 g/mol. The molecule has 0 amide bonds. The van der Waals surface area contributed by atoms with Gasteiger partial charge in [-0.25, -0.2) is 0 Å². The molecule has 1 heterocycles. The molecule has 3 rings (SSSR count). The Kier molecular flexibility index (Phi) is 3.70. The van der Waals surface area contributed by atoms with E-state index in [-0.39, 0.29) is 0 Å². The third kappa shape index (κ3) is 2.54. The molecule has 0 atom stereocenters. The summed E-state index contributed by atoms with van der Waals surface area (Å²) in [4.78, 5) is 4.17. The van der Waals surface area contributed by atoms with Crippen molar-refractivity contribution in [2.24, 2.45) is 0 Å². The minimum Gasteiger partial charge on any atom is -0.380 e. The van der Waals surface area contributed by atoms with Crippen molar-refractivity contribution in [1.29, 1.82) is 0 Å². The van der Waals surface area contributed by atoms with Gasteiger partial charge in [-0.05, 0) is 51.5 Å². The van der Waals surface area contributed by atoms with Crippen LogP contribution in [-0.4, -0.2) is 4.98 Å². The third-order valence-electron chi connectivity index (χ3n) is 3.43. The van der Waals surface area contributed by atoms with E-state index >= 15 is 0 Å². The fourth-order valence-electron chi connectivity index (χ4n) is 2.32. The maximum Gasteiger partial charge on any atom is 0.0490 e. The number of anilines is 1. The lowest BCUT2D eigenvalue weighted by molar-refractivity contribution is 1.16. The van der Waals surface area contributed by atoms with Crippen LogP contribution in [0.25, 0.3) is 10.8 Å². The molecule has 0 saturated heterocycles. The van der Waals surface area contributed by atoms with Crippen LogP contribution in [0.5, 0.6) is 0 Å². The number of halogens is 1. The highest BCUT2D eigenvalue weighted by Gasteiger charge is 2.04. The number of hydrogen-bond donors (Lipinski definition) is 1. The van der Waals surface area contributed by atoms with Gasteiger partial charge in [0.1, 0.15) is 0 Å². The van der Waals surface area contributed by atoms with Gasteiger partial charge in [-0.15, -0.1) is 0 Å². The highest BCUT2D eigenvalue weighted by molar-refractivity contribution is 9.10. The molecular formula is C17H15BrN2. The lowest BCUT2D eigenvalue weighted by Crippen LogP contribution is -2.01. The lowest BCUT2D eigenvalue weighted by atomic mass is 10.1. The molecule has 0 bridgehead atoms. The van der Waals surface area contributed by atoms with Gasteiger partial charge < -0.3 is 5.32 Å². The molecule has 1 aromatic heterocycles. The van der Waals surface area contributed by atoms with Crippen molar-refractivity contribution >= 4 is 32.4 Å². The van der Waals surface area contributed by atoms with Gasteiger partial charge in [-0.1, -0.05) is 30.3 Å². The van der Waals surface area contributed by atoms with Gasteiger partial charge in [0.25, 0.3) is 0 Å². The molecule has 0 aliphatic rings. The zero-order chi connectivity index (χ0) is 13.9. The highest BCUT2D eigenvalue weighted by atomic mass is 79.9. The van der Waals surface area contributed by atoms with Crippen LogP contribution in [0.1, 0.15) is 11.1 Å². The predicted octanol–water partition coefficient (Wildman–Crippen LogP) is 4.92. The SMILES string of the molecule is Cc1cccc(NCc2cccc3cnccc23)c1Br. The van der Waals surface area contributed by atoms with Crippen molar-refractivity contribution < 1.29 is 0 Å². The molecule has 0 aliphatic heterocycles. The standard InChI is InChI=1S/C17H15BrN2/c1-12-4-2-7-16(17(12)18)20-11-14-6-3-5-13-10-19-9-8-15(13)14/h2-10,20H,11H2,1H3. The Labute approximate surface area is 127 Å². The molecule has 0 saturated carbocycles. The average Bonchev–Trinajstić information content (AvgIpc) is 2.49. The predicted molar refractivity (Wildman–Crippen MR) is 87.9 cm³/mol. The van der Waals surface area contributed by atoms with Crippen LogP contribution in [0.2, 0.25) is 0 Å². The van der Waals surface area contributed by atoms with E-state index in [0.717, 1.165) is 16.7 Å². The second-order valence-corrected chi connectivity index (χ2v) is 5.60. The van der Waals surface area contributed by atoms with E-state index in [4.69, 9.17) is 0 Å². The van der Waals surface area contributed by atoms with Crippen LogP contribution >= 0.6 is 15.9 Å². The van der Waals surface area contributed by atoms with Crippen molar-refractivity contribution in [2.45, 2.75) is 13.5 Å². The van der Waals surface area contributed by atoms with Crippen LogP contribution in [0.4, 0.5) is 5.69 Å². The van der Waals surface area contributed by atoms with Crippen molar-refractivity contribution in [2.75, 3.05) is 5.32 Å². The molecule has 0 spiro atoms. The number of hydrogen-bond acceptors (Lipinski definition) is 2. The van der Waals surface area contributed by atoms with Crippen LogP contribution < -0.4 is 5.32 Å². The molecule has 0 fully saturated rings. The number of rotatable bonds is 3. The van der Waals surface area contributed by atoms with E-state index in [1.165, 1.54) is 21.9 Å². The summed E-state index contributed by atoms with van der Waals surface area (Å²) in [5.41, 5.74) is 3.63. The molecule has 100 valence electrons. The first-order valence-corrected chi connectivity index (χ1v) is 7.35. The largest absolute Gasteiger partial charge is 0.380 e. The molecule has 2 nitrogen and oxygen atoms in total. The van der Waals surface area contributed by atoms with E-state index in [0.29, 0.717) is 0 Å². The molecule has 0 aliphatic carbocycles. The van der Waals surface area contributed by atoms with Gasteiger partial charge in [-0.3, -0.25) is 4.98 Å². The van der Waals surface area contributed by atoms with Gasteiger partial charge in [0.05, 0.1) is 0 Å². The molecule has 1 N–H and O–H groups in total. The fourth-order valence-corrected chi connectivity index (χ4v) is 2.72. The average molecular weight is 327 g/mol. The number of benzene rings is 2. The Balaban J connectivity index is 1.89. The second kappa shape index (κ2) is 5.63. The summed E-state index contributed by atoms with van der Waals surface area (Å²) < 4.78 is 1.13. The summed E-state index contributed by atoms with van der Waals surface area (Å²) in [5, 5.41) is 5.92. The Hall–Kier alpha value is -1.87.